The van der Waals surface area contributed by atoms with E-state index in [0.717, 1.165) is 14.2 Å². The van der Waals surface area contributed by atoms with Gasteiger partial charge in [-0.2, -0.15) is 0 Å². The second-order valence-electron chi connectivity index (χ2n) is 4.35. The quantitative estimate of drug-likeness (QED) is 0.422. The standard InChI is InChI=1S/C8H14O6.C6H10O6/c1-11-5(7(9)13-3)6(12-2)8(10)14-4;1-11-3(5(7)8)4(12-2)6(9)10/h5-6H,1-4H3;3-4H,1-2H3,(H,7,8)(H,9,10). The first-order chi connectivity index (χ1) is 12.2. The van der Waals surface area contributed by atoms with Gasteiger partial charge in [-0.15, -0.1) is 0 Å². The predicted molar refractivity (Wildman–Crippen MR) is 82.5 cm³/mol. The summed E-state index contributed by atoms with van der Waals surface area (Å²) in [6.45, 7) is 0. The maximum Gasteiger partial charge on any atom is 0.338 e. The van der Waals surface area contributed by atoms with Crippen LogP contribution in [0.15, 0.2) is 0 Å². The van der Waals surface area contributed by atoms with Gasteiger partial charge in [0, 0.05) is 28.4 Å². The van der Waals surface area contributed by atoms with Gasteiger partial charge in [-0.1, -0.05) is 0 Å². The Morgan fingerprint density at radius 2 is 0.769 bits per heavy atom. The lowest BCUT2D eigenvalue weighted by atomic mass is 10.2. The van der Waals surface area contributed by atoms with Crippen molar-refractivity contribution in [3.8, 4) is 0 Å². The maximum atomic E-state index is 11.1. The molecule has 0 aromatic carbocycles. The van der Waals surface area contributed by atoms with E-state index in [9.17, 15) is 19.2 Å². The summed E-state index contributed by atoms with van der Waals surface area (Å²) < 4.78 is 27.3. The molecule has 0 aliphatic carbocycles. The molecule has 0 aromatic heterocycles. The van der Waals surface area contributed by atoms with Gasteiger partial charge in [-0.25, -0.2) is 19.2 Å². The Labute approximate surface area is 149 Å². The Bertz CT molecular complexity index is 421. The van der Waals surface area contributed by atoms with E-state index in [-0.39, 0.29) is 0 Å². The number of hydrogen-bond acceptors (Lipinski definition) is 10. The summed E-state index contributed by atoms with van der Waals surface area (Å²) in [7, 11) is 7.14. The van der Waals surface area contributed by atoms with Crippen molar-refractivity contribution >= 4 is 23.9 Å². The third-order valence-corrected chi connectivity index (χ3v) is 2.92. The molecule has 0 aliphatic rings. The van der Waals surface area contributed by atoms with Crippen LogP contribution >= 0.6 is 0 Å². The highest BCUT2D eigenvalue weighted by atomic mass is 16.6. The Morgan fingerprint density at radius 1 is 0.538 bits per heavy atom. The second-order valence-corrected chi connectivity index (χ2v) is 4.35. The first-order valence-corrected chi connectivity index (χ1v) is 6.89. The topological polar surface area (TPSA) is 164 Å². The van der Waals surface area contributed by atoms with E-state index in [0.29, 0.717) is 0 Å². The van der Waals surface area contributed by atoms with Crippen molar-refractivity contribution < 1.29 is 57.8 Å². The smallest absolute Gasteiger partial charge is 0.338 e. The number of carbonyl (C=O) groups excluding carboxylic acids is 2. The van der Waals surface area contributed by atoms with Gasteiger partial charge in [0.05, 0.1) is 14.2 Å². The molecule has 152 valence electrons. The number of esters is 2. The van der Waals surface area contributed by atoms with Crippen molar-refractivity contribution in [1.82, 2.24) is 0 Å². The van der Waals surface area contributed by atoms with Crippen LogP contribution in [0.1, 0.15) is 0 Å². The minimum absolute atomic E-state index is 0.690. The summed E-state index contributed by atoms with van der Waals surface area (Å²) in [5.74, 6) is -4.12. The highest BCUT2D eigenvalue weighted by Crippen LogP contribution is 2.06. The molecule has 0 aromatic rings. The molecule has 0 bridgehead atoms. The van der Waals surface area contributed by atoms with Gasteiger partial charge >= 0.3 is 23.9 Å². The summed E-state index contributed by atoms with van der Waals surface area (Å²) in [4.78, 5) is 43.0. The van der Waals surface area contributed by atoms with Crippen LogP contribution in [0.25, 0.3) is 0 Å². The van der Waals surface area contributed by atoms with E-state index < -0.39 is 48.3 Å². The van der Waals surface area contributed by atoms with Crippen molar-refractivity contribution in [2.24, 2.45) is 0 Å². The molecular formula is C14H24O12. The normalized spacial score (nSPS) is 14.7. The summed E-state index contributed by atoms with van der Waals surface area (Å²) in [5.41, 5.74) is 0. The highest BCUT2D eigenvalue weighted by Gasteiger charge is 2.36. The van der Waals surface area contributed by atoms with E-state index in [2.05, 4.69) is 18.9 Å². The van der Waals surface area contributed by atoms with E-state index >= 15 is 0 Å². The molecule has 0 saturated carbocycles. The van der Waals surface area contributed by atoms with Crippen LogP contribution in [-0.2, 0) is 47.6 Å². The summed E-state index contributed by atoms with van der Waals surface area (Å²) in [6.07, 6.45) is -5.19. The summed E-state index contributed by atoms with van der Waals surface area (Å²) in [6, 6.07) is 0. The number of ether oxygens (including phenoxy) is 6. The molecule has 0 rings (SSSR count). The zero-order chi connectivity index (χ0) is 20.9. The minimum atomic E-state index is -1.48. The number of aliphatic carboxylic acids is 2. The zero-order valence-corrected chi connectivity index (χ0v) is 15.3. The van der Waals surface area contributed by atoms with Gasteiger partial charge in [0.2, 0.25) is 0 Å². The maximum absolute atomic E-state index is 11.1. The molecule has 4 unspecified atom stereocenters. The Morgan fingerprint density at radius 3 is 0.885 bits per heavy atom. The molecule has 0 fully saturated rings. The number of hydrogen-bond donors (Lipinski definition) is 2. The van der Waals surface area contributed by atoms with Crippen LogP contribution in [0.2, 0.25) is 0 Å². The third-order valence-electron chi connectivity index (χ3n) is 2.92. The number of carboxylic acid groups (broad SMARTS) is 2. The van der Waals surface area contributed by atoms with Gasteiger partial charge in [0.15, 0.2) is 24.4 Å². The summed E-state index contributed by atoms with van der Waals surface area (Å²) in [5, 5.41) is 16.9. The Hall–Kier alpha value is -2.28. The third kappa shape index (κ3) is 8.20. The first-order valence-electron chi connectivity index (χ1n) is 6.89. The average molecular weight is 384 g/mol. The highest BCUT2D eigenvalue weighted by molar-refractivity contribution is 5.85. The van der Waals surface area contributed by atoms with Gasteiger partial charge in [-0.05, 0) is 0 Å². The van der Waals surface area contributed by atoms with Crippen molar-refractivity contribution in [3.63, 3.8) is 0 Å². The summed E-state index contributed by atoms with van der Waals surface area (Å²) >= 11 is 0. The number of carbonyl (C=O) groups is 4. The largest absolute Gasteiger partial charge is 0.479 e. The Balaban J connectivity index is 0. The first kappa shape index (κ1) is 26.0. The predicted octanol–water partition coefficient (Wildman–Crippen LogP) is -1.45. The van der Waals surface area contributed by atoms with Crippen LogP contribution < -0.4 is 0 Å². The van der Waals surface area contributed by atoms with Gasteiger partial charge in [0.1, 0.15) is 0 Å². The lowest BCUT2D eigenvalue weighted by Crippen LogP contribution is -2.43. The second kappa shape index (κ2) is 13.9. The van der Waals surface area contributed by atoms with E-state index in [1.807, 2.05) is 0 Å². The number of carboxylic acids is 2. The number of rotatable bonds is 10. The molecule has 26 heavy (non-hydrogen) atoms. The van der Waals surface area contributed by atoms with E-state index in [1.165, 1.54) is 28.4 Å². The van der Waals surface area contributed by atoms with Crippen molar-refractivity contribution in [2.75, 3.05) is 42.7 Å². The SMILES string of the molecule is COC(=O)C(OC)C(OC)C(=O)OC.COC(C(=O)O)C(OC)C(=O)O. The minimum Gasteiger partial charge on any atom is -0.479 e. The van der Waals surface area contributed by atoms with Crippen molar-refractivity contribution in [2.45, 2.75) is 24.4 Å². The lowest BCUT2D eigenvalue weighted by molar-refractivity contribution is -0.175. The molecular weight excluding hydrogens is 360 g/mol. The Kier molecular flexibility index (Phi) is 13.9. The molecule has 0 saturated heterocycles. The molecule has 0 radical (unpaired) electrons. The molecule has 4 atom stereocenters. The molecule has 2 N–H and O–H groups in total. The molecule has 0 aliphatic heterocycles. The lowest BCUT2D eigenvalue weighted by Gasteiger charge is -2.20. The van der Waals surface area contributed by atoms with Gasteiger partial charge in [-0.3, -0.25) is 0 Å². The van der Waals surface area contributed by atoms with Gasteiger partial charge < -0.3 is 38.6 Å². The van der Waals surface area contributed by atoms with Crippen molar-refractivity contribution in [1.29, 1.82) is 0 Å². The van der Waals surface area contributed by atoms with Crippen LogP contribution in [0.5, 0.6) is 0 Å². The van der Waals surface area contributed by atoms with E-state index in [1.54, 1.807) is 0 Å². The van der Waals surface area contributed by atoms with Crippen LogP contribution in [0.3, 0.4) is 0 Å². The number of methoxy groups -OCH3 is 6. The van der Waals surface area contributed by atoms with Crippen LogP contribution in [-0.4, -0.2) is 101 Å². The molecule has 12 heteroatoms. The molecule has 0 amide bonds. The fraction of sp³-hybridized carbons (Fsp3) is 0.714. The van der Waals surface area contributed by atoms with E-state index in [4.69, 9.17) is 19.7 Å². The van der Waals surface area contributed by atoms with Crippen LogP contribution in [0.4, 0.5) is 0 Å². The monoisotopic (exact) mass is 384 g/mol. The average Bonchev–Trinajstić information content (AvgIpc) is 2.62. The molecule has 12 nitrogen and oxygen atoms in total. The fourth-order valence-electron chi connectivity index (χ4n) is 1.63. The van der Waals surface area contributed by atoms with Crippen LogP contribution in [0, 0.1) is 0 Å². The van der Waals surface area contributed by atoms with Gasteiger partial charge in [0.25, 0.3) is 0 Å². The van der Waals surface area contributed by atoms with Crippen molar-refractivity contribution in [3.05, 3.63) is 0 Å². The molecule has 0 spiro atoms. The fourth-order valence-corrected chi connectivity index (χ4v) is 1.63. The molecule has 0 heterocycles. The zero-order valence-electron chi connectivity index (χ0n) is 15.3.